The monoisotopic (exact) mass is 356 g/mol. The van der Waals surface area contributed by atoms with E-state index in [1.165, 1.54) is 11.1 Å². The number of rotatable bonds is 4. The molecule has 1 amide bonds. The van der Waals surface area contributed by atoms with Crippen molar-refractivity contribution in [3.05, 3.63) is 35.4 Å². The zero-order valence-corrected chi connectivity index (χ0v) is 16.2. The lowest BCUT2D eigenvalue weighted by Crippen LogP contribution is -2.43. The van der Waals surface area contributed by atoms with Crippen LogP contribution in [0.5, 0.6) is 0 Å². The molecule has 1 fully saturated rings. The van der Waals surface area contributed by atoms with Crippen LogP contribution in [0, 0.1) is 12.3 Å². The maximum atomic E-state index is 12.5. The van der Waals surface area contributed by atoms with Gasteiger partial charge in [-0.2, -0.15) is 11.8 Å². The molecule has 23 heavy (non-hydrogen) atoms. The first-order valence-electron chi connectivity index (χ1n) is 8.03. The van der Waals surface area contributed by atoms with Crippen LogP contribution in [0.25, 0.3) is 0 Å². The van der Waals surface area contributed by atoms with Gasteiger partial charge >= 0.3 is 0 Å². The summed E-state index contributed by atoms with van der Waals surface area (Å²) in [5, 5.41) is 6.69. The fourth-order valence-electron chi connectivity index (χ4n) is 2.84. The fraction of sp³-hybridized carbons (Fsp3) is 0.611. The fourth-order valence-corrected chi connectivity index (χ4v) is 3.79. The molecule has 0 radical (unpaired) electrons. The van der Waals surface area contributed by atoms with Crippen molar-refractivity contribution in [3.63, 3.8) is 0 Å². The standard InChI is InChI=1S/C18H28N2OS.ClH/c1-13-6-5-7-14(10-13)17(18(2,3)4)20-16(21)11-15-12-22-9-8-19-15;/h5-7,10,15,17,19H,8-9,11-12H2,1-4H3,(H,20,21);1H. The van der Waals surface area contributed by atoms with E-state index in [9.17, 15) is 4.79 Å². The van der Waals surface area contributed by atoms with Crippen LogP contribution < -0.4 is 10.6 Å². The lowest BCUT2D eigenvalue weighted by Gasteiger charge is -2.33. The molecule has 0 aliphatic carbocycles. The highest BCUT2D eigenvalue weighted by molar-refractivity contribution is 7.99. The van der Waals surface area contributed by atoms with Crippen molar-refractivity contribution in [2.24, 2.45) is 5.41 Å². The Balaban J connectivity index is 0.00000264. The van der Waals surface area contributed by atoms with Crippen molar-refractivity contribution < 1.29 is 4.79 Å². The Bertz CT molecular complexity index is 510. The maximum Gasteiger partial charge on any atom is 0.222 e. The van der Waals surface area contributed by atoms with Crippen molar-refractivity contribution in [1.82, 2.24) is 10.6 Å². The number of amides is 1. The van der Waals surface area contributed by atoms with Gasteiger partial charge in [0.15, 0.2) is 0 Å². The molecular formula is C18H29ClN2OS. The molecule has 0 saturated carbocycles. The van der Waals surface area contributed by atoms with Gasteiger partial charge in [0.2, 0.25) is 5.91 Å². The van der Waals surface area contributed by atoms with E-state index in [4.69, 9.17) is 0 Å². The molecule has 0 bridgehead atoms. The summed E-state index contributed by atoms with van der Waals surface area (Å²) in [6, 6.07) is 8.78. The molecule has 2 rings (SSSR count). The molecule has 1 aliphatic heterocycles. The lowest BCUT2D eigenvalue weighted by molar-refractivity contribution is -0.123. The van der Waals surface area contributed by atoms with Crippen LogP contribution in [0.4, 0.5) is 0 Å². The quantitative estimate of drug-likeness (QED) is 0.863. The third kappa shape index (κ3) is 6.36. The van der Waals surface area contributed by atoms with Gasteiger partial charge < -0.3 is 10.6 Å². The minimum atomic E-state index is -0.0157. The molecule has 0 spiro atoms. The summed E-state index contributed by atoms with van der Waals surface area (Å²) in [6.07, 6.45) is 0.561. The molecule has 1 saturated heterocycles. The van der Waals surface area contributed by atoms with E-state index < -0.39 is 0 Å². The minimum Gasteiger partial charge on any atom is -0.349 e. The van der Waals surface area contributed by atoms with Gasteiger partial charge in [0, 0.05) is 30.5 Å². The number of nitrogens with one attached hydrogen (secondary N) is 2. The second-order valence-corrected chi connectivity index (χ2v) is 8.36. The van der Waals surface area contributed by atoms with Gasteiger partial charge in [-0.15, -0.1) is 12.4 Å². The number of thioether (sulfide) groups is 1. The average Bonchev–Trinajstić information content (AvgIpc) is 2.44. The third-order valence-electron chi connectivity index (χ3n) is 3.98. The molecule has 1 heterocycles. The lowest BCUT2D eigenvalue weighted by atomic mass is 9.82. The Morgan fingerprint density at radius 2 is 2.17 bits per heavy atom. The Hall–Kier alpha value is -0.710. The second-order valence-electron chi connectivity index (χ2n) is 7.21. The predicted molar refractivity (Wildman–Crippen MR) is 102 cm³/mol. The highest BCUT2D eigenvalue weighted by atomic mass is 35.5. The van der Waals surface area contributed by atoms with E-state index in [0.29, 0.717) is 12.5 Å². The highest BCUT2D eigenvalue weighted by Crippen LogP contribution is 2.33. The number of hydrogen-bond donors (Lipinski definition) is 2. The summed E-state index contributed by atoms with van der Waals surface area (Å²) >= 11 is 1.93. The predicted octanol–water partition coefficient (Wildman–Crippen LogP) is 3.72. The zero-order valence-electron chi connectivity index (χ0n) is 14.5. The van der Waals surface area contributed by atoms with Crippen molar-refractivity contribution in [1.29, 1.82) is 0 Å². The first-order chi connectivity index (χ1) is 10.4. The Morgan fingerprint density at radius 3 is 2.74 bits per heavy atom. The molecule has 130 valence electrons. The van der Waals surface area contributed by atoms with Crippen LogP contribution in [0.3, 0.4) is 0 Å². The van der Waals surface area contributed by atoms with Gasteiger partial charge in [-0.25, -0.2) is 0 Å². The molecule has 2 atom stereocenters. The molecule has 1 aromatic rings. The summed E-state index contributed by atoms with van der Waals surface area (Å²) in [6.45, 7) is 9.62. The minimum absolute atomic E-state index is 0. The second kappa shape index (κ2) is 8.95. The SMILES string of the molecule is Cc1cccc(C(NC(=O)CC2CSCCN2)C(C)(C)C)c1.Cl. The number of benzene rings is 1. The van der Waals surface area contributed by atoms with Crippen LogP contribution in [0.15, 0.2) is 24.3 Å². The van der Waals surface area contributed by atoms with E-state index in [2.05, 4.69) is 62.6 Å². The van der Waals surface area contributed by atoms with E-state index in [1.54, 1.807) is 0 Å². The number of halogens is 1. The molecule has 1 aromatic carbocycles. The molecule has 0 aromatic heterocycles. The van der Waals surface area contributed by atoms with Gasteiger partial charge in [0.1, 0.15) is 0 Å². The Kier molecular flexibility index (Phi) is 7.91. The van der Waals surface area contributed by atoms with Gasteiger partial charge in [-0.05, 0) is 17.9 Å². The Labute approximate surface area is 150 Å². The largest absolute Gasteiger partial charge is 0.349 e. The summed E-state index contributed by atoms with van der Waals surface area (Å²) in [5.74, 6) is 2.31. The molecule has 3 nitrogen and oxygen atoms in total. The maximum absolute atomic E-state index is 12.5. The number of hydrogen-bond acceptors (Lipinski definition) is 3. The van der Waals surface area contributed by atoms with Crippen molar-refractivity contribution in [2.45, 2.75) is 46.2 Å². The number of aryl methyl sites for hydroxylation is 1. The van der Waals surface area contributed by atoms with Gasteiger partial charge in [-0.1, -0.05) is 50.6 Å². The van der Waals surface area contributed by atoms with Gasteiger partial charge in [0.25, 0.3) is 0 Å². The van der Waals surface area contributed by atoms with E-state index in [0.717, 1.165) is 18.1 Å². The number of carbonyl (C=O) groups is 1. The summed E-state index contributed by atoms with van der Waals surface area (Å²) in [7, 11) is 0. The summed E-state index contributed by atoms with van der Waals surface area (Å²) in [5.41, 5.74) is 2.40. The van der Waals surface area contributed by atoms with Crippen molar-refractivity contribution in [3.8, 4) is 0 Å². The third-order valence-corrected chi connectivity index (χ3v) is 5.11. The van der Waals surface area contributed by atoms with Crippen LogP contribution in [-0.4, -0.2) is 30.0 Å². The highest BCUT2D eigenvalue weighted by Gasteiger charge is 2.28. The van der Waals surface area contributed by atoms with E-state index >= 15 is 0 Å². The normalized spacial score (nSPS) is 19.6. The van der Waals surface area contributed by atoms with E-state index in [1.807, 2.05) is 11.8 Å². The van der Waals surface area contributed by atoms with Crippen LogP contribution in [0.1, 0.15) is 44.4 Å². The van der Waals surface area contributed by atoms with E-state index in [-0.39, 0.29) is 29.8 Å². The van der Waals surface area contributed by atoms with Crippen LogP contribution in [0.2, 0.25) is 0 Å². The zero-order chi connectivity index (χ0) is 16.2. The summed E-state index contributed by atoms with van der Waals surface area (Å²) < 4.78 is 0. The first-order valence-corrected chi connectivity index (χ1v) is 9.19. The first kappa shape index (κ1) is 20.3. The summed E-state index contributed by atoms with van der Waals surface area (Å²) in [4.78, 5) is 12.5. The van der Waals surface area contributed by atoms with Crippen molar-refractivity contribution >= 4 is 30.1 Å². The topological polar surface area (TPSA) is 41.1 Å². The molecule has 5 heteroatoms. The van der Waals surface area contributed by atoms with Gasteiger partial charge in [0.05, 0.1) is 6.04 Å². The van der Waals surface area contributed by atoms with Crippen LogP contribution >= 0.6 is 24.2 Å². The van der Waals surface area contributed by atoms with Crippen LogP contribution in [-0.2, 0) is 4.79 Å². The van der Waals surface area contributed by atoms with Crippen molar-refractivity contribution in [2.75, 3.05) is 18.1 Å². The molecule has 2 N–H and O–H groups in total. The van der Waals surface area contributed by atoms with Gasteiger partial charge in [-0.3, -0.25) is 4.79 Å². The average molecular weight is 357 g/mol. The molecular weight excluding hydrogens is 328 g/mol. The smallest absolute Gasteiger partial charge is 0.222 e. The number of carbonyl (C=O) groups excluding carboxylic acids is 1. The Morgan fingerprint density at radius 1 is 1.43 bits per heavy atom. The molecule has 1 aliphatic rings. The molecule has 2 unspecified atom stereocenters.